The van der Waals surface area contributed by atoms with Crippen LogP contribution < -0.4 is 4.90 Å². The van der Waals surface area contributed by atoms with E-state index in [0.29, 0.717) is 5.56 Å². The quantitative estimate of drug-likeness (QED) is 0.788. The van der Waals surface area contributed by atoms with Crippen LogP contribution in [0.2, 0.25) is 0 Å². The minimum absolute atomic E-state index is 0.0115. The van der Waals surface area contributed by atoms with E-state index in [1.807, 2.05) is 17.2 Å². The van der Waals surface area contributed by atoms with Crippen molar-refractivity contribution in [1.29, 1.82) is 0 Å². The van der Waals surface area contributed by atoms with Crippen LogP contribution in [0.1, 0.15) is 39.9 Å². The molecule has 1 aliphatic heterocycles. The molecule has 1 aliphatic rings. The fourth-order valence-electron chi connectivity index (χ4n) is 3.11. The molecule has 25 heavy (non-hydrogen) atoms. The maximum absolute atomic E-state index is 12.9. The number of aryl methyl sites for hydroxylation is 1. The lowest BCUT2D eigenvalue weighted by Gasteiger charge is -2.24. The van der Waals surface area contributed by atoms with Crippen molar-refractivity contribution in [2.45, 2.75) is 25.8 Å². The molecule has 5 nitrogen and oxygen atoms in total. The molecule has 6 heteroatoms. The first-order chi connectivity index (χ1) is 12.0. The van der Waals surface area contributed by atoms with Gasteiger partial charge in [0, 0.05) is 30.2 Å². The van der Waals surface area contributed by atoms with E-state index in [9.17, 15) is 9.59 Å². The molecule has 3 rings (SSSR count). The van der Waals surface area contributed by atoms with Crippen LogP contribution in [0.15, 0.2) is 42.3 Å². The molecule has 1 aromatic heterocycles. The van der Waals surface area contributed by atoms with Crippen molar-refractivity contribution in [3.05, 3.63) is 58.6 Å². The highest BCUT2D eigenvalue weighted by Gasteiger charge is 2.32. The lowest BCUT2D eigenvalue weighted by Crippen LogP contribution is -2.30. The lowest BCUT2D eigenvalue weighted by molar-refractivity contribution is -0.113. The van der Waals surface area contributed by atoms with Crippen molar-refractivity contribution in [3.63, 3.8) is 0 Å². The number of amides is 2. The molecule has 130 valence electrons. The summed E-state index contributed by atoms with van der Waals surface area (Å²) >= 11 is 1.62. The van der Waals surface area contributed by atoms with Gasteiger partial charge in [0.2, 0.25) is 5.91 Å². The Kier molecular flexibility index (Phi) is 4.99. The number of carbonyl (C=O) groups is 2. The Hall–Kier alpha value is -2.47. The third-order valence-corrected chi connectivity index (χ3v) is 5.29. The number of benzene rings is 1. The molecule has 2 amide bonds. The van der Waals surface area contributed by atoms with Crippen LogP contribution in [-0.4, -0.2) is 35.3 Å². The Bertz CT molecular complexity index is 797. The number of rotatable bonds is 4. The van der Waals surface area contributed by atoms with Crippen molar-refractivity contribution in [1.82, 2.24) is 9.88 Å². The average molecular weight is 355 g/mol. The van der Waals surface area contributed by atoms with Gasteiger partial charge >= 0.3 is 0 Å². The minimum Gasteiger partial charge on any atom is -0.330 e. The van der Waals surface area contributed by atoms with Crippen molar-refractivity contribution < 1.29 is 9.59 Å². The van der Waals surface area contributed by atoms with Gasteiger partial charge in [0.05, 0.1) is 16.7 Å². The summed E-state index contributed by atoms with van der Waals surface area (Å²) in [5.41, 5.74) is 2.35. The first-order valence-corrected chi connectivity index (χ1v) is 9.12. The van der Waals surface area contributed by atoms with Crippen LogP contribution >= 0.6 is 11.3 Å². The number of thiazole rings is 1. The second-order valence-electron chi connectivity index (χ2n) is 6.10. The van der Waals surface area contributed by atoms with Crippen molar-refractivity contribution in [3.8, 4) is 0 Å². The second kappa shape index (κ2) is 7.19. The lowest BCUT2D eigenvalue weighted by atomic mass is 10.1. The first-order valence-electron chi connectivity index (χ1n) is 8.24. The van der Waals surface area contributed by atoms with E-state index in [1.165, 1.54) is 11.0 Å². The molecule has 1 aromatic carbocycles. The Morgan fingerprint density at radius 1 is 1.36 bits per heavy atom. The molecule has 2 heterocycles. The van der Waals surface area contributed by atoms with Gasteiger partial charge in [-0.3, -0.25) is 9.59 Å². The van der Waals surface area contributed by atoms with Crippen LogP contribution in [0, 0.1) is 6.92 Å². The second-order valence-corrected chi connectivity index (χ2v) is 7.16. The minimum atomic E-state index is -0.183. The topological polar surface area (TPSA) is 53.5 Å². The van der Waals surface area contributed by atoms with Crippen LogP contribution in [-0.2, 0) is 4.79 Å². The Morgan fingerprint density at radius 2 is 2.08 bits per heavy atom. The molecule has 0 aliphatic carbocycles. The van der Waals surface area contributed by atoms with Gasteiger partial charge in [-0.2, -0.15) is 0 Å². The molecule has 0 unspecified atom stereocenters. The van der Waals surface area contributed by atoms with E-state index in [-0.39, 0.29) is 17.9 Å². The summed E-state index contributed by atoms with van der Waals surface area (Å²) in [5, 5.41) is 3.07. The van der Waals surface area contributed by atoms with Gasteiger partial charge in [-0.25, -0.2) is 4.98 Å². The van der Waals surface area contributed by atoms with E-state index in [2.05, 4.69) is 11.6 Å². The van der Waals surface area contributed by atoms with E-state index in [4.69, 9.17) is 0 Å². The third kappa shape index (κ3) is 3.49. The van der Waals surface area contributed by atoms with Crippen molar-refractivity contribution >= 4 is 28.8 Å². The summed E-state index contributed by atoms with van der Waals surface area (Å²) in [5.74, 6) is -0.171. The molecule has 1 saturated heterocycles. The van der Waals surface area contributed by atoms with Gasteiger partial charge < -0.3 is 9.80 Å². The van der Waals surface area contributed by atoms with E-state index >= 15 is 0 Å². The summed E-state index contributed by atoms with van der Waals surface area (Å²) in [6, 6.07) is 7.17. The summed E-state index contributed by atoms with van der Waals surface area (Å²) in [6.07, 6.45) is 3.20. The average Bonchev–Trinajstić information content (AvgIpc) is 3.28. The Morgan fingerprint density at radius 3 is 2.68 bits per heavy atom. The highest BCUT2D eigenvalue weighted by molar-refractivity contribution is 7.09. The summed E-state index contributed by atoms with van der Waals surface area (Å²) < 4.78 is 0. The molecule has 0 radical (unpaired) electrons. The van der Waals surface area contributed by atoms with E-state index < -0.39 is 0 Å². The standard InChI is InChI=1S/C19H21N3O2S/c1-4-18(23)21(3)15-9-7-14(8-10-15)19(24)22-11-5-6-17(22)16-12-25-13(2)20-16/h4,7-10,12,17H,1,5-6,11H2,2-3H3/t17-/m1/s1. The largest absolute Gasteiger partial charge is 0.330 e. The van der Waals surface area contributed by atoms with Crippen molar-refractivity contribution in [2.75, 3.05) is 18.5 Å². The number of likely N-dealkylation sites (tertiary alicyclic amines) is 1. The molecule has 0 spiro atoms. The summed E-state index contributed by atoms with van der Waals surface area (Å²) in [4.78, 5) is 32.5. The van der Waals surface area contributed by atoms with Crippen LogP contribution in [0.25, 0.3) is 0 Å². The van der Waals surface area contributed by atoms with Crippen LogP contribution in [0.5, 0.6) is 0 Å². The molecule has 1 fully saturated rings. The molecule has 2 aromatic rings. The van der Waals surface area contributed by atoms with Gasteiger partial charge in [0.25, 0.3) is 5.91 Å². The Balaban J connectivity index is 1.78. The van der Waals surface area contributed by atoms with Gasteiger partial charge in [-0.15, -0.1) is 11.3 Å². The van der Waals surface area contributed by atoms with Gasteiger partial charge in [-0.1, -0.05) is 6.58 Å². The smallest absolute Gasteiger partial charge is 0.254 e. The number of carbonyl (C=O) groups excluding carboxylic acids is 2. The zero-order chi connectivity index (χ0) is 18.0. The van der Waals surface area contributed by atoms with Gasteiger partial charge in [-0.05, 0) is 50.1 Å². The number of hydrogen-bond donors (Lipinski definition) is 0. The maximum Gasteiger partial charge on any atom is 0.254 e. The highest BCUT2D eigenvalue weighted by Crippen LogP contribution is 2.33. The monoisotopic (exact) mass is 355 g/mol. The van der Waals surface area contributed by atoms with E-state index in [0.717, 1.165) is 35.8 Å². The van der Waals surface area contributed by atoms with Crippen LogP contribution in [0.3, 0.4) is 0 Å². The number of likely N-dealkylation sites (N-methyl/N-ethyl adjacent to an activating group) is 1. The molecular weight excluding hydrogens is 334 g/mol. The zero-order valence-corrected chi connectivity index (χ0v) is 15.3. The van der Waals surface area contributed by atoms with Gasteiger partial charge in [0.1, 0.15) is 0 Å². The predicted molar refractivity (Wildman–Crippen MR) is 99.9 cm³/mol. The SMILES string of the molecule is C=CC(=O)N(C)c1ccc(C(=O)N2CCC[C@@H]2c2csc(C)n2)cc1. The normalized spacial score (nSPS) is 16.7. The number of anilines is 1. The number of nitrogens with zero attached hydrogens (tertiary/aromatic N) is 3. The van der Waals surface area contributed by atoms with Crippen LogP contribution in [0.4, 0.5) is 5.69 Å². The third-order valence-electron chi connectivity index (χ3n) is 4.50. The molecule has 0 N–H and O–H groups in total. The highest BCUT2D eigenvalue weighted by atomic mass is 32.1. The molecular formula is C19H21N3O2S. The summed E-state index contributed by atoms with van der Waals surface area (Å²) in [6.45, 7) is 6.21. The fraction of sp³-hybridized carbons (Fsp3) is 0.316. The van der Waals surface area contributed by atoms with Gasteiger partial charge in [0.15, 0.2) is 0 Å². The fourth-order valence-corrected chi connectivity index (χ4v) is 3.77. The maximum atomic E-state index is 12.9. The molecule has 0 bridgehead atoms. The molecule has 0 saturated carbocycles. The first kappa shape index (κ1) is 17.4. The van der Waals surface area contributed by atoms with Crippen molar-refractivity contribution in [2.24, 2.45) is 0 Å². The summed E-state index contributed by atoms with van der Waals surface area (Å²) in [7, 11) is 1.68. The number of hydrogen-bond acceptors (Lipinski definition) is 4. The Labute approximate surface area is 151 Å². The van der Waals surface area contributed by atoms with E-state index in [1.54, 1.807) is 42.6 Å². The predicted octanol–water partition coefficient (Wildman–Crippen LogP) is 3.58. The zero-order valence-electron chi connectivity index (χ0n) is 14.4. The number of aromatic nitrogens is 1. The molecule has 1 atom stereocenters.